The van der Waals surface area contributed by atoms with Gasteiger partial charge < -0.3 is 9.84 Å². The van der Waals surface area contributed by atoms with Gasteiger partial charge >= 0.3 is 5.97 Å². The highest BCUT2D eigenvalue weighted by molar-refractivity contribution is 9.11. The molecule has 2 amide bonds. The van der Waals surface area contributed by atoms with Crippen molar-refractivity contribution in [2.24, 2.45) is 0 Å². The number of carbonyl (C=O) groups excluding carboxylic acids is 2. The molecule has 9 heteroatoms. The summed E-state index contributed by atoms with van der Waals surface area (Å²) in [5.41, 5.74) is 1.75. The number of thioether (sulfide) groups is 1. The molecule has 1 heterocycles. The molecule has 0 unspecified atom stereocenters. The van der Waals surface area contributed by atoms with Gasteiger partial charge in [-0.05, 0) is 85.1 Å². The molecule has 0 aliphatic carbocycles. The summed E-state index contributed by atoms with van der Waals surface area (Å²) in [6.07, 6.45) is 3.16. The first-order valence-corrected chi connectivity index (χ1v) is 11.0. The van der Waals surface area contributed by atoms with E-state index in [1.165, 1.54) is 18.2 Å². The number of carboxylic acid groups (broad SMARTS) is 1. The van der Waals surface area contributed by atoms with Gasteiger partial charge in [0.2, 0.25) is 0 Å². The summed E-state index contributed by atoms with van der Waals surface area (Å²) in [5.74, 6) is -0.762. The van der Waals surface area contributed by atoms with Crippen LogP contribution in [0.4, 0.5) is 4.79 Å². The number of hydrogen-bond acceptors (Lipinski definition) is 5. The molecule has 1 fully saturated rings. The molecular weight excluding hydrogens is 538 g/mol. The predicted molar refractivity (Wildman–Crippen MR) is 122 cm³/mol. The van der Waals surface area contributed by atoms with E-state index in [0.29, 0.717) is 19.6 Å². The number of imide groups is 1. The third-order valence-corrected chi connectivity index (χ3v) is 6.17. The minimum atomic E-state index is -0.981. The Balaban J connectivity index is 1.75. The Morgan fingerprint density at radius 3 is 2.37 bits per heavy atom. The van der Waals surface area contributed by atoms with E-state index < -0.39 is 5.97 Å². The van der Waals surface area contributed by atoms with Crippen molar-refractivity contribution in [3.63, 3.8) is 0 Å². The average Bonchev–Trinajstić information content (AvgIpc) is 2.95. The number of halogens is 2. The summed E-state index contributed by atoms with van der Waals surface area (Å²) in [5, 5.41) is 8.64. The van der Waals surface area contributed by atoms with Crippen LogP contribution in [0, 0.1) is 0 Å². The van der Waals surface area contributed by atoms with Gasteiger partial charge in [-0.1, -0.05) is 18.2 Å². The van der Waals surface area contributed by atoms with E-state index in [4.69, 9.17) is 9.84 Å². The van der Waals surface area contributed by atoms with E-state index in [2.05, 4.69) is 38.4 Å². The summed E-state index contributed by atoms with van der Waals surface area (Å²) in [4.78, 5) is 36.7. The van der Waals surface area contributed by atoms with Gasteiger partial charge in [0.1, 0.15) is 12.4 Å². The average molecular weight is 553 g/mol. The molecule has 0 radical (unpaired) electrons. The minimum Gasteiger partial charge on any atom is -0.487 e. The second-order valence-corrected chi connectivity index (χ2v) is 8.89. The van der Waals surface area contributed by atoms with E-state index in [-0.39, 0.29) is 29.9 Å². The van der Waals surface area contributed by atoms with Crippen LogP contribution in [-0.2, 0) is 11.4 Å². The number of nitrogens with zero attached hydrogens (tertiary/aromatic N) is 1. The molecule has 154 valence electrons. The summed E-state index contributed by atoms with van der Waals surface area (Å²) in [6, 6.07) is 10.0. The van der Waals surface area contributed by atoms with Gasteiger partial charge in [-0.2, -0.15) is 0 Å². The van der Waals surface area contributed by atoms with Crippen LogP contribution in [0.15, 0.2) is 62.9 Å². The Labute approximate surface area is 193 Å². The quantitative estimate of drug-likeness (QED) is 0.350. The van der Waals surface area contributed by atoms with E-state index in [9.17, 15) is 14.4 Å². The summed E-state index contributed by atoms with van der Waals surface area (Å²) in [7, 11) is 0. The number of amides is 2. The molecule has 30 heavy (non-hydrogen) atoms. The second-order valence-electron chi connectivity index (χ2n) is 6.19. The Hall–Kier alpha value is -2.36. The van der Waals surface area contributed by atoms with Gasteiger partial charge in [-0.3, -0.25) is 14.5 Å². The van der Waals surface area contributed by atoms with Crippen LogP contribution in [0.5, 0.6) is 5.75 Å². The fourth-order valence-electron chi connectivity index (χ4n) is 2.64. The monoisotopic (exact) mass is 551 g/mol. The maximum atomic E-state index is 12.4. The third kappa shape index (κ3) is 5.03. The lowest BCUT2D eigenvalue weighted by Gasteiger charge is -2.12. The third-order valence-electron chi connectivity index (χ3n) is 4.09. The maximum absolute atomic E-state index is 12.4. The van der Waals surface area contributed by atoms with E-state index in [0.717, 1.165) is 27.8 Å². The number of hydrogen-bond donors (Lipinski definition) is 1. The summed E-state index contributed by atoms with van der Waals surface area (Å²) < 4.78 is 7.18. The molecule has 0 saturated carbocycles. The molecule has 2 aromatic carbocycles. The number of carbonyl (C=O) groups is 3. The van der Waals surface area contributed by atoms with Crippen LogP contribution < -0.4 is 4.74 Å². The Bertz CT molecular complexity index is 1040. The number of benzene rings is 2. The molecule has 1 saturated heterocycles. The predicted octanol–water partition coefficient (Wildman–Crippen LogP) is 5.71. The second kappa shape index (κ2) is 9.63. The number of carboxylic acids is 1. The fourth-order valence-corrected chi connectivity index (χ4v) is 4.94. The molecule has 2 aromatic rings. The zero-order valence-electron chi connectivity index (χ0n) is 15.4. The molecule has 0 bridgehead atoms. The standard InChI is InChI=1S/C21H15Br2NO5S/c1-2-7-24-19(25)17(30-21(24)28)10-13-8-15(22)18(16(23)9-13)29-11-12-3-5-14(6-4-12)20(26)27/h2-6,8-10H,1,7,11H2,(H,26,27)/b17-10+. The Kier molecular flexibility index (Phi) is 7.17. The molecule has 1 aliphatic rings. The van der Waals surface area contributed by atoms with Crippen molar-refractivity contribution in [1.82, 2.24) is 4.90 Å². The van der Waals surface area contributed by atoms with Gasteiger partial charge in [0, 0.05) is 6.54 Å². The molecule has 0 aromatic heterocycles. The van der Waals surface area contributed by atoms with Crippen LogP contribution in [0.25, 0.3) is 6.08 Å². The molecule has 0 atom stereocenters. The SMILES string of the molecule is C=CCN1C(=O)S/C(=C/c2cc(Br)c(OCc3ccc(C(=O)O)cc3)c(Br)c2)C1=O. The maximum Gasteiger partial charge on any atom is 0.335 e. The van der Waals surface area contributed by atoms with Crippen molar-refractivity contribution in [1.29, 1.82) is 0 Å². The highest BCUT2D eigenvalue weighted by Gasteiger charge is 2.34. The number of aromatic carboxylic acids is 1. The van der Waals surface area contributed by atoms with E-state index in [1.54, 1.807) is 30.3 Å². The van der Waals surface area contributed by atoms with Crippen molar-refractivity contribution < 1.29 is 24.2 Å². The lowest BCUT2D eigenvalue weighted by molar-refractivity contribution is -0.122. The highest BCUT2D eigenvalue weighted by Crippen LogP contribution is 2.38. The highest BCUT2D eigenvalue weighted by atomic mass is 79.9. The lowest BCUT2D eigenvalue weighted by Crippen LogP contribution is -2.27. The topological polar surface area (TPSA) is 83.9 Å². The van der Waals surface area contributed by atoms with Gasteiger partial charge in [-0.15, -0.1) is 6.58 Å². The van der Waals surface area contributed by atoms with E-state index >= 15 is 0 Å². The molecule has 6 nitrogen and oxygen atoms in total. The normalized spacial score (nSPS) is 15.0. The Morgan fingerprint density at radius 2 is 1.80 bits per heavy atom. The van der Waals surface area contributed by atoms with Crippen molar-refractivity contribution in [2.75, 3.05) is 6.54 Å². The van der Waals surface area contributed by atoms with Crippen molar-refractivity contribution in [3.8, 4) is 5.75 Å². The molecule has 3 rings (SSSR count). The van der Waals surface area contributed by atoms with E-state index in [1.807, 2.05) is 0 Å². The van der Waals surface area contributed by atoms with Crippen molar-refractivity contribution in [3.05, 3.63) is 79.6 Å². The van der Waals surface area contributed by atoms with Crippen LogP contribution in [0.1, 0.15) is 21.5 Å². The summed E-state index contributed by atoms with van der Waals surface area (Å²) in [6.45, 7) is 3.98. The molecule has 1 aliphatic heterocycles. The van der Waals surface area contributed by atoms with Crippen LogP contribution in [0.2, 0.25) is 0 Å². The first-order chi connectivity index (χ1) is 14.3. The van der Waals surface area contributed by atoms with Gasteiger partial charge in [0.25, 0.3) is 11.1 Å². The smallest absolute Gasteiger partial charge is 0.335 e. The number of ether oxygens (including phenoxy) is 1. The zero-order chi connectivity index (χ0) is 21.8. The molecule has 1 N–H and O–H groups in total. The van der Waals surface area contributed by atoms with Gasteiger partial charge in [0.15, 0.2) is 0 Å². The van der Waals surface area contributed by atoms with Crippen LogP contribution in [-0.4, -0.2) is 33.7 Å². The fraction of sp³-hybridized carbons (Fsp3) is 0.0952. The summed E-state index contributed by atoms with van der Waals surface area (Å²) >= 11 is 7.83. The van der Waals surface area contributed by atoms with Crippen molar-refractivity contribution >= 4 is 66.8 Å². The molecular formula is C21H15Br2NO5S. The minimum absolute atomic E-state index is 0.176. The van der Waals surface area contributed by atoms with Gasteiger partial charge in [-0.25, -0.2) is 4.79 Å². The first kappa shape index (κ1) is 22.3. The lowest BCUT2D eigenvalue weighted by atomic mass is 10.1. The first-order valence-electron chi connectivity index (χ1n) is 8.60. The largest absolute Gasteiger partial charge is 0.487 e. The number of rotatable bonds is 7. The zero-order valence-corrected chi connectivity index (χ0v) is 19.4. The van der Waals surface area contributed by atoms with Gasteiger partial charge in [0.05, 0.1) is 19.4 Å². The van der Waals surface area contributed by atoms with Crippen LogP contribution in [0.3, 0.4) is 0 Å². The molecule has 0 spiro atoms. The van der Waals surface area contributed by atoms with Crippen molar-refractivity contribution in [2.45, 2.75) is 6.61 Å². The van der Waals surface area contributed by atoms with Crippen LogP contribution >= 0.6 is 43.6 Å². The Morgan fingerprint density at radius 1 is 1.17 bits per heavy atom.